The van der Waals surface area contributed by atoms with E-state index in [2.05, 4.69) is 19.2 Å². The number of nitrogens with zero attached hydrogens (tertiary/aromatic N) is 1. The van der Waals surface area contributed by atoms with Gasteiger partial charge >= 0.3 is 6.09 Å². The normalized spacial score (nSPS) is 21.4. The molecule has 3 N–H and O–H groups in total. The van der Waals surface area contributed by atoms with Gasteiger partial charge in [-0.1, -0.05) is 20.3 Å². The topological polar surface area (TPSA) is 102 Å². The highest BCUT2D eigenvalue weighted by Crippen LogP contribution is 2.38. The first kappa shape index (κ1) is 18.3. The van der Waals surface area contributed by atoms with Crippen LogP contribution >= 0.6 is 0 Å². The van der Waals surface area contributed by atoms with Crippen LogP contribution in [0.15, 0.2) is 0 Å². The van der Waals surface area contributed by atoms with Crippen LogP contribution in [-0.4, -0.2) is 47.5 Å². The third kappa shape index (κ3) is 5.54. The third-order valence-electron chi connectivity index (χ3n) is 3.58. The minimum Gasteiger partial charge on any atom is -0.443 e. The van der Waals surface area contributed by atoms with E-state index in [1.165, 1.54) is 11.3 Å². The second-order valence-electron chi connectivity index (χ2n) is 6.05. The molecule has 1 saturated heterocycles. The molecule has 1 aliphatic carbocycles. The fourth-order valence-electron chi connectivity index (χ4n) is 2.15. The number of likely N-dealkylation sites (tertiary alicyclic amines) is 1. The Labute approximate surface area is 134 Å². The van der Waals surface area contributed by atoms with E-state index in [9.17, 15) is 14.4 Å². The fourth-order valence-corrected chi connectivity index (χ4v) is 2.15. The number of nitrogens with two attached hydrogens (primary N) is 1. The molecule has 0 bridgehead atoms. The van der Waals surface area contributed by atoms with Crippen molar-refractivity contribution in [3.8, 4) is 0 Å². The van der Waals surface area contributed by atoms with Crippen molar-refractivity contribution < 1.29 is 22.0 Å². The Balaban J connectivity index is 0. The molecular formula is C15H31N3O4. The second-order valence-corrected chi connectivity index (χ2v) is 6.05. The van der Waals surface area contributed by atoms with Gasteiger partial charge in [0.05, 0.1) is 0 Å². The van der Waals surface area contributed by atoms with Crippen LogP contribution in [-0.2, 0) is 14.3 Å². The Hall–Kier alpha value is -1.79. The van der Waals surface area contributed by atoms with Crippen molar-refractivity contribution >= 4 is 17.9 Å². The largest absolute Gasteiger partial charge is 0.443 e. The number of hydrogen-bond donors (Lipinski definition) is 2. The molecule has 7 heteroatoms. The van der Waals surface area contributed by atoms with Crippen LogP contribution in [0, 0.1) is 0 Å². The van der Waals surface area contributed by atoms with Gasteiger partial charge in [-0.25, -0.2) is 4.79 Å². The van der Waals surface area contributed by atoms with E-state index in [-0.39, 0.29) is 20.9 Å². The SMILES string of the molecule is CC1(OC(=O)NCC(=O)N2CCCC2C(N)=O)CC1.CCC.[HH].[HH]. The van der Waals surface area contributed by atoms with Gasteiger partial charge in [0.2, 0.25) is 11.8 Å². The van der Waals surface area contributed by atoms with Gasteiger partial charge in [0.15, 0.2) is 0 Å². The van der Waals surface area contributed by atoms with Crippen LogP contribution in [0.5, 0.6) is 0 Å². The lowest BCUT2D eigenvalue weighted by atomic mass is 10.2. The van der Waals surface area contributed by atoms with Crippen molar-refractivity contribution in [2.75, 3.05) is 13.1 Å². The lowest BCUT2D eigenvalue weighted by Gasteiger charge is -2.22. The molecule has 1 saturated carbocycles. The van der Waals surface area contributed by atoms with Crippen molar-refractivity contribution in [2.24, 2.45) is 5.73 Å². The van der Waals surface area contributed by atoms with Gasteiger partial charge in [0, 0.05) is 9.40 Å². The Kier molecular flexibility index (Phi) is 6.64. The Morgan fingerprint density at radius 2 is 1.95 bits per heavy atom. The van der Waals surface area contributed by atoms with E-state index >= 15 is 0 Å². The molecule has 0 aromatic carbocycles. The zero-order chi connectivity index (χ0) is 16.8. The molecule has 2 aliphatic rings. The smallest absolute Gasteiger partial charge is 0.408 e. The van der Waals surface area contributed by atoms with Crippen molar-refractivity contribution in [3.63, 3.8) is 0 Å². The number of carbonyl (C=O) groups excluding carboxylic acids is 3. The molecule has 1 aliphatic heterocycles. The quantitative estimate of drug-likeness (QED) is 0.823. The number of alkyl carbamates (subject to hydrolysis) is 1. The standard InChI is InChI=1S/C12H19N3O4.C3H8.2H2/c1-12(4-5-12)19-11(18)14-7-9(16)15-6-2-3-8(15)10(13)17;1-3-2;;/h8H,2-7H2,1H3,(H2,13,17)(H,14,18);3H2,1-2H3;2*1H. The summed E-state index contributed by atoms with van der Waals surface area (Å²) in [5, 5.41) is 2.41. The number of carbonyl (C=O) groups is 3. The molecule has 22 heavy (non-hydrogen) atoms. The Morgan fingerprint density at radius 3 is 2.45 bits per heavy atom. The molecule has 0 radical (unpaired) electrons. The van der Waals surface area contributed by atoms with Crippen LogP contribution in [0.25, 0.3) is 0 Å². The van der Waals surface area contributed by atoms with Crippen LogP contribution in [0.1, 0.15) is 55.7 Å². The molecule has 3 amide bonds. The van der Waals surface area contributed by atoms with Gasteiger partial charge in [-0.3, -0.25) is 9.59 Å². The first-order chi connectivity index (χ1) is 10.3. The predicted octanol–water partition coefficient (Wildman–Crippen LogP) is 1.65. The molecule has 1 atom stereocenters. The summed E-state index contributed by atoms with van der Waals surface area (Å²) in [4.78, 5) is 35.9. The van der Waals surface area contributed by atoms with Gasteiger partial charge in [-0.15, -0.1) is 0 Å². The first-order valence-corrected chi connectivity index (χ1v) is 7.88. The molecular weight excluding hydrogens is 286 g/mol. The predicted molar refractivity (Wildman–Crippen MR) is 86.2 cm³/mol. The highest BCUT2D eigenvalue weighted by molar-refractivity contribution is 5.89. The summed E-state index contributed by atoms with van der Waals surface area (Å²) < 4.78 is 5.12. The summed E-state index contributed by atoms with van der Waals surface area (Å²) in [5.41, 5.74) is 4.86. The average molecular weight is 317 g/mol. The van der Waals surface area contributed by atoms with E-state index in [4.69, 9.17) is 10.5 Å². The molecule has 2 fully saturated rings. The summed E-state index contributed by atoms with van der Waals surface area (Å²) in [6.07, 6.45) is 3.70. The molecule has 0 aromatic heterocycles. The van der Waals surface area contributed by atoms with Crippen LogP contribution in [0.3, 0.4) is 0 Å². The van der Waals surface area contributed by atoms with Crippen molar-refractivity contribution in [3.05, 3.63) is 0 Å². The minimum absolute atomic E-state index is 0. The summed E-state index contributed by atoms with van der Waals surface area (Å²) in [5.74, 6) is -0.807. The highest BCUT2D eigenvalue weighted by Gasteiger charge is 2.42. The second kappa shape index (κ2) is 8.00. The van der Waals surface area contributed by atoms with Gasteiger partial charge < -0.3 is 20.7 Å². The highest BCUT2D eigenvalue weighted by atomic mass is 16.6. The van der Waals surface area contributed by atoms with E-state index in [0.29, 0.717) is 13.0 Å². The molecule has 2 rings (SSSR count). The molecule has 1 heterocycles. The fraction of sp³-hybridized carbons (Fsp3) is 0.800. The van der Waals surface area contributed by atoms with Crippen molar-refractivity contribution in [2.45, 2.75) is 64.5 Å². The van der Waals surface area contributed by atoms with E-state index in [1.807, 2.05) is 6.92 Å². The van der Waals surface area contributed by atoms with Gasteiger partial charge in [-0.05, 0) is 32.6 Å². The summed E-state index contributed by atoms with van der Waals surface area (Å²) in [6.45, 7) is 6.43. The van der Waals surface area contributed by atoms with Crippen LogP contribution in [0.4, 0.5) is 4.79 Å². The Morgan fingerprint density at radius 1 is 1.36 bits per heavy atom. The number of hydrogen-bond acceptors (Lipinski definition) is 4. The van der Waals surface area contributed by atoms with E-state index in [1.54, 1.807) is 0 Å². The lowest BCUT2D eigenvalue weighted by molar-refractivity contribution is -0.136. The number of amides is 3. The number of primary amides is 1. The molecule has 0 aromatic rings. The van der Waals surface area contributed by atoms with Gasteiger partial charge in [-0.2, -0.15) is 0 Å². The summed E-state index contributed by atoms with van der Waals surface area (Å²) in [7, 11) is 0. The lowest BCUT2D eigenvalue weighted by Crippen LogP contribution is -2.47. The molecule has 130 valence electrons. The summed E-state index contributed by atoms with van der Waals surface area (Å²) in [6, 6.07) is -0.550. The van der Waals surface area contributed by atoms with Crippen LogP contribution in [0.2, 0.25) is 0 Å². The van der Waals surface area contributed by atoms with Gasteiger partial charge in [0.1, 0.15) is 18.2 Å². The summed E-state index contributed by atoms with van der Waals surface area (Å²) >= 11 is 0. The van der Waals surface area contributed by atoms with Crippen molar-refractivity contribution in [1.82, 2.24) is 10.2 Å². The maximum Gasteiger partial charge on any atom is 0.408 e. The minimum atomic E-state index is -0.594. The van der Waals surface area contributed by atoms with Crippen molar-refractivity contribution in [1.29, 1.82) is 0 Å². The zero-order valence-electron chi connectivity index (χ0n) is 13.7. The third-order valence-corrected chi connectivity index (χ3v) is 3.58. The number of rotatable bonds is 4. The monoisotopic (exact) mass is 317 g/mol. The van der Waals surface area contributed by atoms with Crippen LogP contribution < -0.4 is 11.1 Å². The van der Waals surface area contributed by atoms with E-state index < -0.39 is 18.0 Å². The maximum atomic E-state index is 11.9. The molecule has 0 spiro atoms. The first-order valence-electron chi connectivity index (χ1n) is 7.88. The maximum absolute atomic E-state index is 11.9. The Bertz CT molecular complexity index is 431. The zero-order valence-corrected chi connectivity index (χ0v) is 13.7. The average Bonchev–Trinajstić information content (AvgIpc) is 2.97. The van der Waals surface area contributed by atoms with E-state index in [0.717, 1.165) is 19.3 Å². The van der Waals surface area contributed by atoms with Gasteiger partial charge in [0.25, 0.3) is 0 Å². The number of nitrogens with one attached hydrogen (secondary N) is 1. The molecule has 1 unspecified atom stereocenters. The number of ether oxygens (including phenoxy) is 1. The molecule has 7 nitrogen and oxygen atoms in total.